The van der Waals surface area contributed by atoms with Crippen LogP contribution >= 0.6 is 23.2 Å². The number of halogens is 2. The average molecular weight is 647 g/mol. The molecule has 0 spiro atoms. The van der Waals surface area contributed by atoms with Crippen LogP contribution in [0.5, 0.6) is 11.5 Å². The van der Waals surface area contributed by atoms with E-state index in [4.69, 9.17) is 32.7 Å². The molecule has 13 nitrogen and oxygen atoms in total. The number of aromatic carboxylic acids is 1. The number of carbonyl (C=O) groups excluding carboxylic acids is 2. The quantitative estimate of drug-likeness (QED) is 0.166. The van der Waals surface area contributed by atoms with Crippen LogP contribution < -0.4 is 10.1 Å². The van der Waals surface area contributed by atoms with Crippen LogP contribution in [0.4, 0.5) is 5.69 Å². The first-order valence-corrected chi connectivity index (χ1v) is 13.6. The third kappa shape index (κ3) is 7.67. The highest BCUT2D eigenvalue weighted by molar-refractivity contribution is 6.35. The minimum Gasteiger partial charge on any atom is -0.478 e. The predicted molar refractivity (Wildman–Crippen MR) is 161 cm³/mol. The Morgan fingerprint density at radius 3 is 2.36 bits per heavy atom. The van der Waals surface area contributed by atoms with Gasteiger partial charge >= 0.3 is 11.9 Å². The van der Waals surface area contributed by atoms with E-state index >= 15 is 0 Å². The molecule has 2 aromatic carbocycles. The lowest BCUT2D eigenvalue weighted by Crippen LogP contribution is -2.41. The number of esters is 1. The number of pyridine rings is 1. The smallest absolute Gasteiger partial charge is 0.345 e. The topological polar surface area (TPSA) is 180 Å². The van der Waals surface area contributed by atoms with E-state index < -0.39 is 22.4 Å². The van der Waals surface area contributed by atoms with E-state index in [2.05, 4.69) is 20.0 Å². The lowest BCUT2D eigenvalue weighted by molar-refractivity contribution is -0.385. The number of aliphatic imine (C=N–C) groups is 1. The Labute approximate surface area is 261 Å². The molecule has 1 atom stereocenters. The molecule has 1 aromatic heterocycles. The van der Waals surface area contributed by atoms with Crippen molar-refractivity contribution in [1.29, 1.82) is 0 Å². The fourth-order valence-corrected chi connectivity index (χ4v) is 4.30. The Morgan fingerprint density at radius 1 is 1.11 bits per heavy atom. The zero-order valence-corrected chi connectivity index (χ0v) is 25.7. The van der Waals surface area contributed by atoms with Crippen molar-refractivity contribution in [2.75, 3.05) is 14.2 Å². The highest BCUT2D eigenvalue weighted by Gasteiger charge is 2.43. The van der Waals surface area contributed by atoms with Gasteiger partial charge in [0.2, 0.25) is 0 Å². The maximum atomic E-state index is 12.2. The molecular weight excluding hydrogens is 619 g/mol. The number of rotatable bonds is 9. The standard InChI is InChI=1S/C15H19N3O4.C14H9Cl2NO5/c1-8(2)15(3)14(21)17-12(18-15)11-10(13(19)20)5-9(6-16-11)7-22-4;1-21-14(18)10-7-9(3-4-12(10)17(19)20)22-13-5-2-8(15)6-11(13)16/h5-6,8H,7H2,1-4H3,(H,19,20)(H,17,18,21);2-7H,1H3. The van der Waals surface area contributed by atoms with Gasteiger partial charge in [-0.1, -0.05) is 37.0 Å². The Hall–Kier alpha value is -4.59. The fraction of sp³-hybridized carbons (Fsp3) is 0.276. The van der Waals surface area contributed by atoms with Crippen molar-refractivity contribution < 1.29 is 38.6 Å². The molecule has 1 unspecified atom stereocenters. The predicted octanol–water partition coefficient (Wildman–Crippen LogP) is 5.70. The van der Waals surface area contributed by atoms with Gasteiger partial charge in [-0.3, -0.25) is 19.9 Å². The van der Waals surface area contributed by atoms with Crippen molar-refractivity contribution in [2.45, 2.75) is 32.9 Å². The summed E-state index contributed by atoms with van der Waals surface area (Å²) in [5.74, 6) is -1.54. The molecule has 15 heteroatoms. The molecule has 1 aliphatic heterocycles. The number of nitrogens with one attached hydrogen (secondary N) is 1. The number of carboxylic acids is 1. The molecule has 2 heterocycles. The van der Waals surface area contributed by atoms with Crippen LogP contribution in [0.25, 0.3) is 0 Å². The van der Waals surface area contributed by atoms with Crippen LogP contribution in [-0.2, 0) is 20.9 Å². The molecule has 4 rings (SSSR count). The van der Waals surface area contributed by atoms with E-state index in [0.29, 0.717) is 16.3 Å². The SMILES string of the molecule is COC(=O)c1cc(Oc2ccc(Cl)cc2Cl)ccc1[N+](=O)[O-].COCc1cnc(C2=NC(C)(C(C)C)C(=O)N2)c(C(=O)O)c1. The number of hydrogen-bond donors (Lipinski definition) is 2. The second kappa shape index (κ2) is 14.3. The third-order valence-corrected chi connectivity index (χ3v) is 7.09. The summed E-state index contributed by atoms with van der Waals surface area (Å²) in [5, 5.41) is 23.7. The van der Waals surface area contributed by atoms with Crippen molar-refractivity contribution in [3.63, 3.8) is 0 Å². The van der Waals surface area contributed by atoms with Crippen molar-refractivity contribution in [2.24, 2.45) is 10.9 Å². The van der Waals surface area contributed by atoms with Gasteiger partial charge in [-0.2, -0.15) is 0 Å². The summed E-state index contributed by atoms with van der Waals surface area (Å²) in [6.45, 7) is 5.76. The van der Waals surface area contributed by atoms with Crippen LogP contribution in [0.15, 0.2) is 53.7 Å². The molecule has 2 N–H and O–H groups in total. The summed E-state index contributed by atoms with van der Waals surface area (Å²) in [4.78, 5) is 54.0. The molecule has 44 heavy (non-hydrogen) atoms. The first-order valence-electron chi connectivity index (χ1n) is 12.8. The number of nitro benzene ring substituents is 1. The Bertz CT molecular complexity index is 1650. The molecule has 0 bridgehead atoms. The van der Waals surface area contributed by atoms with Crippen LogP contribution in [0.3, 0.4) is 0 Å². The van der Waals surface area contributed by atoms with Gasteiger partial charge in [-0.25, -0.2) is 14.6 Å². The lowest BCUT2D eigenvalue weighted by atomic mass is 9.89. The van der Waals surface area contributed by atoms with Gasteiger partial charge in [0, 0.05) is 30.5 Å². The van der Waals surface area contributed by atoms with E-state index in [1.807, 2.05) is 13.8 Å². The number of carbonyl (C=O) groups is 3. The van der Waals surface area contributed by atoms with E-state index in [-0.39, 0.29) is 57.5 Å². The number of aromatic nitrogens is 1. The number of nitro groups is 1. The number of nitrogens with zero attached hydrogens (tertiary/aromatic N) is 3. The van der Waals surface area contributed by atoms with Gasteiger partial charge in [-0.05, 0) is 48.7 Å². The maximum Gasteiger partial charge on any atom is 0.345 e. The third-order valence-electron chi connectivity index (χ3n) is 6.56. The molecule has 0 radical (unpaired) electrons. The summed E-state index contributed by atoms with van der Waals surface area (Å²) in [6.07, 6.45) is 1.52. The van der Waals surface area contributed by atoms with E-state index in [0.717, 1.165) is 13.2 Å². The average Bonchev–Trinajstić information content (AvgIpc) is 3.29. The molecule has 0 saturated carbocycles. The summed E-state index contributed by atoms with van der Waals surface area (Å²) < 4.78 is 15.0. The summed E-state index contributed by atoms with van der Waals surface area (Å²) >= 11 is 11.8. The molecule has 0 aliphatic carbocycles. The first kappa shape index (κ1) is 33.9. The molecule has 1 amide bonds. The number of hydrogen-bond acceptors (Lipinski definition) is 10. The summed E-state index contributed by atoms with van der Waals surface area (Å²) in [5.41, 5.74) is -0.721. The molecule has 0 fully saturated rings. The number of ether oxygens (including phenoxy) is 3. The number of methoxy groups -OCH3 is 2. The molecule has 1 aliphatic rings. The molecular formula is C29H28Cl2N4O9. The highest BCUT2D eigenvalue weighted by Crippen LogP contribution is 2.34. The van der Waals surface area contributed by atoms with Crippen LogP contribution in [0.2, 0.25) is 10.0 Å². The number of benzene rings is 2. The fourth-order valence-electron chi connectivity index (χ4n) is 3.85. The first-order chi connectivity index (χ1) is 20.7. The number of amides is 1. The minimum atomic E-state index is -1.13. The highest BCUT2D eigenvalue weighted by atomic mass is 35.5. The maximum absolute atomic E-state index is 12.2. The Balaban J connectivity index is 0.000000240. The normalized spacial score (nSPS) is 15.5. The van der Waals surface area contributed by atoms with Crippen molar-refractivity contribution >= 4 is 52.6 Å². The van der Waals surface area contributed by atoms with Crippen LogP contribution in [0, 0.1) is 16.0 Å². The summed E-state index contributed by atoms with van der Waals surface area (Å²) in [7, 11) is 2.65. The van der Waals surface area contributed by atoms with Gasteiger partial charge in [0.25, 0.3) is 11.6 Å². The van der Waals surface area contributed by atoms with E-state index in [9.17, 15) is 29.6 Å². The monoisotopic (exact) mass is 646 g/mol. The zero-order valence-electron chi connectivity index (χ0n) is 24.2. The van der Waals surface area contributed by atoms with Gasteiger partial charge in [-0.15, -0.1) is 0 Å². The molecule has 3 aromatic rings. The Kier molecular flexibility index (Phi) is 11.0. The van der Waals surface area contributed by atoms with Gasteiger partial charge < -0.3 is 24.6 Å². The van der Waals surface area contributed by atoms with Gasteiger partial charge in [0.05, 0.1) is 29.2 Å². The van der Waals surface area contributed by atoms with Gasteiger partial charge in [0.15, 0.2) is 5.84 Å². The minimum absolute atomic E-state index is 0.0124. The largest absolute Gasteiger partial charge is 0.478 e. The molecule has 232 valence electrons. The molecule has 0 saturated heterocycles. The van der Waals surface area contributed by atoms with Crippen molar-refractivity contribution in [3.8, 4) is 11.5 Å². The van der Waals surface area contributed by atoms with Gasteiger partial charge in [0.1, 0.15) is 28.3 Å². The Morgan fingerprint density at radius 2 is 1.82 bits per heavy atom. The van der Waals surface area contributed by atoms with Crippen LogP contribution in [0.1, 0.15) is 52.7 Å². The van der Waals surface area contributed by atoms with Crippen molar-refractivity contribution in [3.05, 3.63) is 91.2 Å². The second-order valence-electron chi connectivity index (χ2n) is 9.80. The van der Waals surface area contributed by atoms with E-state index in [1.54, 1.807) is 19.1 Å². The summed E-state index contributed by atoms with van der Waals surface area (Å²) in [6, 6.07) is 9.83. The number of carboxylic acid groups (broad SMARTS) is 1. The number of amidine groups is 1. The lowest BCUT2D eigenvalue weighted by Gasteiger charge is -2.21. The van der Waals surface area contributed by atoms with E-state index in [1.165, 1.54) is 37.6 Å². The van der Waals surface area contributed by atoms with Crippen molar-refractivity contribution in [1.82, 2.24) is 10.3 Å². The van der Waals surface area contributed by atoms with Crippen LogP contribution in [-0.4, -0.2) is 58.5 Å². The zero-order chi connectivity index (χ0) is 32.8. The second-order valence-corrected chi connectivity index (χ2v) is 10.6.